The molecule has 2 amide bonds. The van der Waals surface area contributed by atoms with Crippen LogP contribution in [0.1, 0.15) is 82.6 Å². The minimum absolute atomic E-state index is 0.0469. The van der Waals surface area contributed by atoms with E-state index >= 15 is 0 Å². The Balaban J connectivity index is 1.20. The summed E-state index contributed by atoms with van der Waals surface area (Å²) in [6, 6.07) is 7.38. The number of piperidine rings is 1. The first kappa shape index (κ1) is 25.4. The maximum atomic E-state index is 13.3. The third-order valence-corrected chi connectivity index (χ3v) is 8.26. The SMILES string of the molecule is CC(C)Oc1ccc(C(=O)N2CCC(c3nc(C(=O)N(C)c4c5c(nn4C)CCCC5)cs3)CC2)cc1. The third kappa shape index (κ3) is 5.28. The number of likely N-dealkylation sites (tertiary alicyclic amines) is 1. The molecule has 1 saturated heterocycles. The van der Waals surface area contributed by atoms with Crippen LogP contribution in [0, 0.1) is 0 Å². The second-order valence-corrected chi connectivity index (χ2v) is 11.2. The normalized spacial score (nSPS) is 16.1. The van der Waals surface area contributed by atoms with Crippen LogP contribution in [0.3, 0.4) is 0 Å². The van der Waals surface area contributed by atoms with Crippen LogP contribution in [0.2, 0.25) is 0 Å². The molecule has 0 unspecified atom stereocenters. The highest BCUT2D eigenvalue weighted by Gasteiger charge is 2.29. The third-order valence-electron chi connectivity index (χ3n) is 7.25. The highest BCUT2D eigenvalue weighted by Crippen LogP contribution is 2.33. The predicted octanol–water partition coefficient (Wildman–Crippen LogP) is 4.84. The molecule has 8 nitrogen and oxygen atoms in total. The molecule has 1 aromatic carbocycles. The number of rotatable bonds is 6. The summed E-state index contributed by atoms with van der Waals surface area (Å²) in [4.78, 5) is 34.7. The van der Waals surface area contributed by atoms with Gasteiger partial charge in [0, 0.05) is 49.6 Å². The molecule has 5 rings (SSSR count). The zero-order chi connectivity index (χ0) is 26.1. The van der Waals surface area contributed by atoms with Crippen LogP contribution in [-0.2, 0) is 19.9 Å². The van der Waals surface area contributed by atoms with E-state index in [1.807, 2.05) is 67.2 Å². The van der Waals surface area contributed by atoms with Gasteiger partial charge in [0.05, 0.1) is 16.8 Å². The van der Waals surface area contributed by atoms with Gasteiger partial charge in [0.15, 0.2) is 0 Å². The van der Waals surface area contributed by atoms with Crippen molar-refractivity contribution in [3.63, 3.8) is 0 Å². The van der Waals surface area contributed by atoms with Crippen molar-refractivity contribution in [2.45, 2.75) is 64.4 Å². The molecule has 1 aliphatic heterocycles. The minimum atomic E-state index is -0.101. The number of amides is 2. The van der Waals surface area contributed by atoms with Crippen LogP contribution in [0.4, 0.5) is 5.82 Å². The highest BCUT2D eigenvalue weighted by atomic mass is 32.1. The van der Waals surface area contributed by atoms with Crippen molar-refractivity contribution in [2.24, 2.45) is 7.05 Å². The molecule has 37 heavy (non-hydrogen) atoms. The Labute approximate surface area is 222 Å². The van der Waals surface area contributed by atoms with Gasteiger partial charge in [0.1, 0.15) is 17.3 Å². The lowest BCUT2D eigenvalue weighted by atomic mass is 9.97. The highest BCUT2D eigenvalue weighted by molar-refractivity contribution is 7.10. The summed E-state index contributed by atoms with van der Waals surface area (Å²) in [6.45, 7) is 5.32. The Hall–Kier alpha value is -3.20. The maximum absolute atomic E-state index is 13.3. The number of carbonyl (C=O) groups is 2. The molecule has 196 valence electrons. The van der Waals surface area contributed by atoms with Crippen molar-refractivity contribution in [2.75, 3.05) is 25.0 Å². The number of thiazole rings is 1. The monoisotopic (exact) mass is 521 g/mol. The molecular formula is C28H35N5O3S. The first-order valence-corrected chi connectivity index (χ1v) is 14.0. The molecule has 9 heteroatoms. The quantitative estimate of drug-likeness (QED) is 0.464. The minimum Gasteiger partial charge on any atom is -0.491 e. The number of hydrogen-bond donors (Lipinski definition) is 0. The smallest absolute Gasteiger partial charge is 0.278 e. The van der Waals surface area contributed by atoms with Gasteiger partial charge < -0.3 is 9.64 Å². The Bertz CT molecular complexity index is 1270. The first-order chi connectivity index (χ1) is 17.8. The molecule has 2 aromatic heterocycles. The number of ether oxygens (including phenoxy) is 1. The van der Waals surface area contributed by atoms with Crippen LogP contribution in [0.25, 0.3) is 0 Å². The van der Waals surface area contributed by atoms with E-state index in [0.717, 1.165) is 60.8 Å². The molecule has 0 spiro atoms. The van der Waals surface area contributed by atoms with E-state index in [0.29, 0.717) is 24.3 Å². The van der Waals surface area contributed by atoms with Gasteiger partial charge in [-0.3, -0.25) is 19.2 Å². The summed E-state index contributed by atoms with van der Waals surface area (Å²) in [5.41, 5.74) is 3.47. The molecule has 3 aromatic rings. The maximum Gasteiger partial charge on any atom is 0.278 e. The van der Waals surface area contributed by atoms with Crippen molar-refractivity contribution >= 4 is 29.0 Å². The Morgan fingerprint density at radius 2 is 1.81 bits per heavy atom. The molecule has 0 N–H and O–H groups in total. The summed E-state index contributed by atoms with van der Waals surface area (Å²) in [5.74, 6) is 1.85. The molecule has 2 aliphatic rings. The fourth-order valence-electron chi connectivity index (χ4n) is 5.39. The van der Waals surface area contributed by atoms with Crippen LogP contribution in [-0.4, -0.2) is 57.7 Å². The lowest BCUT2D eigenvalue weighted by Crippen LogP contribution is -2.38. The number of fused-ring (bicyclic) bond motifs is 1. The van der Waals surface area contributed by atoms with E-state index in [4.69, 9.17) is 9.72 Å². The zero-order valence-corrected chi connectivity index (χ0v) is 22.9. The van der Waals surface area contributed by atoms with E-state index in [1.165, 1.54) is 5.56 Å². The molecule has 3 heterocycles. The van der Waals surface area contributed by atoms with Gasteiger partial charge in [0.2, 0.25) is 0 Å². The second kappa shape index (κ2) is 10.7. The molecule has 0 bridgehead atoms. The Morgan fingerprint density at radius 1 is 1.11 bits per heavy atom. The summed E-state index contributed by atoms with van der Waals surface area (Å²) >= 11 is 1.55. The molecule has 0 saturated carbocycles. The van der Waals surface area contributed by atoms with E-state index in [2.05, 4.69) is 5.10 Å². The first-order valence-electron chi connectivity index (χ1n) is 13.2. The number of aromatic nitrogens is 3. The van der Waals surface area contributed by atoms with Gasteiger partial charge in [-0.25, -0.2) is 4.98 Å². The van der Waals surface area contributed by atoms with Crippen LogP contribution >= 0.6 is 11.3 Å². The average Bonchev–Trinajstić information content (AvgIpc) is 3.52. The number of aryl methyl sites for hydroxylation is 2. The summed E-state index contributed by atoms with van der Waals surface area (Å²) in [5, 5.41) is 7.50. The van der Waals surface area contributed by atoms with Gasteiger partial charge in [-0.05, 0) is 76.6 Å². The van der Waals surface area contributed by atoms with Gasteiger partial charge in [0.25, 0.3) is 11.8 Å². The summed E-state index contributed by atoms with van der Waals surface area (Å²) < 4.78 is 7.51. The van der Waals surface area contributed by atoms with Crippen molar-refractivity contribution in [1.29, 1.82) is 0 Å². The van der Waals surface area contributed by atoms with Gasteiger partial charge in [-0.15, -0.1) is 11.3 Å². The fraction of sp³-hybridized carbons (Fsp3) is 0.500. The van der Waals surface area contributed by atoms with E-state index in [9.17, 15) is 9.59 Å². The lowest BCUT2D eigenvalue weighted by Gasteiger charge is -2.31. The van der Waals surface area contributed by atoms with Crippen LogP contribution in [0.15, 0.2) is 29.6 Å². The molecule has 1 fully saturated rings. The molecule has 0 atom stereocenters. The van der Waals surface area contributed by atoms with E-state index in [-0.39, 0.29) is 23.8 Å². The summed E-state index contributed by atoms with van der Waals surface area (Å²) in [7, 11) is 3.73. The molecule has 0 radical (unpaired) electrons. The van der Waals surface area contributed by atoms with Crippen LogP contribution in [0.5, 0.6) is 5.75 Å². The van der Waals surface area contributed by atoms with Gasteiger partial charge in [-0.2, -0.15) is 5.10 Å². The van der Waals surface area contributed by atoms with E-state index < -0.39 is 0 Å². The van der Waals surface area contributed by atoms with Crippen molar-refractivity contribution < 1.29 is 14.3 Å². The number of anilines is 1. The van der Waals surface area contributed by atoms with Crippen LogP contribution < -0.4 is 9.64 Å². The number of hydrogen-bond acceptors (Lipinski definition) is 6. The Morgan fingerprint density at radius 3 is 2.51 bits per heavy atom. The van der Waals surface area contributed by atoms with Gasteiger partial charge in [-0.1, -0.05) is 0 Å². The van der Waals surface area contributed by atoms with Gasteiger partial charge >= 0.3 is 0 Å². The van der Waals surface area contributed by atoms with E-state index in [1.54, 1.807) is 16.2 Å². The number of carbonyl (C=O) groups excluding carboxylic acids is 2. The zero-order valence-electron chi connectivity index (χ0n) is 22.1. The second-order valence-electron chi connectivity index (χ2n) is 10.3. The van der Waals surface area contributed by atoms with Crippen molar-refractivity contribution in [1.82, 2.24) is 19.7 Å². The van der Waals surface area contributed by atoms with Crippen molar-refractivity contribution in [3.05, 3.63) is 57.2 Å². The fourth-order valence-corrected chi connectivity index (χ4v) is 6.35. The lowest BCUT2D eigenvalue weighted by molar-refractivity contribution is 0.0713. The largest absolute Gasteiger partial charge is 0.491 e. The summed E-state index contributed by atoms with van der Waals surface area (Å²) in [6.07, 6.45) is 6.01. The number of benzene rings is 1. The molecular weight excluding hydrogens is 486 g/mol. The Kier molecular flexibility index (Phi) is 7.33. The standard InChI is InChI=1S/C28H35N5O3S/c1-18(2)36-21-11-9-20(10-12-21)27(34)33-15-13-19(14-16-33)25-29-24(17-37-25)28(35)31(3)26-22-7-5-6-8-23(22)30-32(26)4/h9-12,17-19H,5-8,13-16H2,1-4H3. The molecule has 1 aliphatic carbocycles. The topological polar surface area (TPSA) is 80.6 Å². The van der Waals surface area contributed by atoms with Crippen molar-refractivity contribution in [3.8, 4) is 5.75 Å². The predicted molar refractivity (Wildman–Crippen MR) is 145 cm³/mol. The number of nitrogens with zero attached hydrogens (tertiary/aromatic N) is 5. The average molecular weight is 522 g/mol.